The maximum absolute atomic E-state index is 13.4. The molecule has 1 amide bonds. The van der Waals surface area contributed by atoms with E-state index in [-0.39, 0.29) is 49.1 Å². The number of nitrogens with two attached hydrogens (primary N) is 1. The number of amides is 1. The predicted octanol–water partition coefficient (Wildman–Crippen LogP) is 1.12. The number of nitrogens with one attached hydrogen (secondary N) is 1. The molecule has 22 heavy (non-hydrogen) atoms. The summed E-state index contributed by atoms with van der Waals surface area (Å²) in [5.41, 5.74) is 6.15. The summed E-state index contributed by atoms with van der Waals surface area (Å²) < 4.78 is 18.7. The fourth-order valence-electron chi connectivity index (χ4n) is 2.34. The molecule has 1 unspecified atom stereocenters. The monoisotopic (exact) mass is 353 g/mol. The lowest BCUT2D eigenvalue weighted by Gasteiger charge is -2.34. The highest BCUT2D eigenvalue weighted by Crippen LogP contribution is 2.21. The van der Waals surface area contributed by atoms with E-state index >= 15 is 0 Å². The lowest BCUT2D eigenvalue weighted by atomic mass is 10.0. The minimum atomic E-state index is -0.272. The summed E-state index contributed by atoms with van der Waals surface area (Å²) in [6.45, 7) is 3.20. The first-order valence-electron chi connectivity index (χ1n) is 6.74. The molecule has 3 N–H and O–H groups in total. The second kappa shape index (κ2) is 10.7. The van der Waals surface area contributed by atoms with E-state index in [4.69, 9.17) is 10.5 Å². The molecule has 1 fully saturated rings. The van der Waals surface area contributed by atoms with E-state index in [0.29, 0.717) is 19.8 Å². The van der Waals surface area contributed by atoms with Crippen LogP contribution in [0.4, 0.5) is 4.39 Å². The molecule has 1 heterocycles. The summed E-state index contributed by atoms with van der Waals surface area (Å²) >= 11 is 0. The highest BCUT2D eigenvalue weighted by Gasteiger charge is 2.23. The molecule has 0 aromatic heterocycles. The molecule has 1 aromatic carbocycles. The molecule has 1 saturated heterocycles. The van der Waals surface area contributed by atoms with Gasteiger partial charge in [0.2, 0.25) is 5.91 Å². The van der Waals surface area contributed by atoms with E-state index < -0.39 is 0 Å². The van der Waals surface area contributed by atoms with Crippen LogP contribution in [0.5, 0.6) is 0 Å². The van der Waals surface area contributed by atoms with Crippen LogP contribution in [0.2, 0.25) is 0 Å². The zero-order chi connectivity index (χ0) is 14.4. The molecule has 1 atom stereocenters. The van der Waals surface area contributed by atoms with Gasteiger partial charge >= 0.3 is 0 Å². The summed E-state index contributed by atoms with van der Waals surface area (Å²) in [4.78, 5) is 13.5. The molecule has 8 heteroatoms. The molecule has 126 valence electrons. The molecular weight excluding hydrogens is 332 g/mol. The fourth-order valence-corrected chi connectivity index (χ4v) is 2.34. The highest BCUT2D eigenvalue weighted by molar-refractivity contribution is 5.85. The Morgan fingerprint density at radius 1 is 1.36 bits per heavy atom. The Bertz CT molecular complexity index is 459. The number of morpholine rings is 1. The Kier molecular flexibility index (Phi) is 10.3. The Morgan fingerprint density at radius 2 is 2.05 bits per heavy atom. The number of nitrogens with zero attached hydrogens (tertiary/aromatic N) is 1. The summed E-state index contributed by atoms with van der Waals surface area (Å²) in [5.74, 6) is -0.481. The van der Waals surface area contributed by atoms with Crippen molar-refractivity contribution in [3.8, 4) is 0 Å². The van der Waals surface area contributed by atoms with E-state index in [9.17, 15) is 9.18 Å². The molecule has 1 aliphatic rings. The maximum atomic E-state index is 13.4. The van der Waals surface area contributed by atoms with Gasteiger partial charge in [-0.1, -0.05) is 12.1 Å². The minimum Gasteiger partial charge on any atom is -0.379 e. The van der Waals surface area contributed by atoms with Crippen molar-refractivity contribution in [1.82, 2.24) is 10.2 Å². The number of benzene rings is 1. The van der Waals surface area contributed by atoms with Crippen LogP contribution in [0.1, 0.15) is 11.6 Å². The summed E-state index contributed by atoms with van der Waals surface area (Å²) in [7, 11) is 0. The number of ether oxygens (including phenoxy) is 1. The number of carbonyl (C=O) groups is 1. The van der Waals surface area contributed by atoms with Crippen molar-refractivity contribution in [1.29, 1.82) is 0 Å². The zero-order valence-corrected chi connectivity index (χ0v) is 13.8. The van der Waals surface area contributed by atoms with Crippen LogP contribution in [0.25, 0.3) is 0 Å². The molecule has 0 radical (unpaired) electrons. The molecule has 0 spiro atoms. The largest absolute Gasteiger partial charge is 0.379 e. The third-order valence-corrected chi connectivity index (χ3v) is 3.40. The second-order valence-corrected chi connectivity index (χ2v) is 4.73. The quantitative estimate of drug-likeness (QED) is 0.832. The predicted molar refractivity (Wildman–Crippen MR) is 88.1 cm³/mol. The Balaban J connectivity index is 0.00000220. The van der Waals surface area contributed by atoms with Crippen LogP contribution >= 0.6 is 24.8 Å². The molecule has 5 nitrogen and oxygen atoms in total. The first kappa shape index (κ1) is 21.1. The second-order valence-electron chi connectivity index (χ2n) is 4.73. The standard InChI is InChI=1S/C14H20FN3O2.2ClH/c15-12-3-1-2-11(8-12)13(10-17-14(19)9-16)18-4-6-20-7-5-18;;/h1-3,8,13H,4-7,9-10,16H2,(H,17,19);2*1H. The molecule has 1 aromatic rings. The Hall–Kier alpha value is -0.920. The van der Waals surface area contributed by atoms with E-state index in [1.54, 1.807) is 6.07 Å². The smallest absolute Gasteiger partial charge is 0.233 e. The number of carbonyl (C=O) groups excluding carboxylic acids is 1. The average Bonchev–Trinajstić information content (AvgIpc) is 2.48. The number of rotatable bonds is 5. The molecule has 1 aliphatic heterocycles. The van der Waals surface area contributed by atoms with Crippen molar-refractivity contribution in [3.05, 3.63) is 35.6 Å². The molecule has 0 bridgehead atoms. The lowest BCUT2D eigenvalue weighted by Crippen LogP contribution is -2.44. The number of hydrogen-bond donors (Lipinski definition) is 2. The van der Waals surface area contributed by atoms with E-state index in [2.05, 4.69) is 10.2 Å². The van der Waals surface area contributed by atoms with Gasteiger partial charge in [0.1, 0.15) is 5.82 Å². The summed E-state index contributed by atoms with van der Waals surface area (Å²) in [5, 5.41) is 2.78. The van der Waals surface area contributed by atoms with Crippen LogP contribution in [0.15, 0.2) is 24.3 Å². The third-order valence-electron chi connectivity index (χ3n) is 3.40. The van der Waals surface area contributed by atoms with Crippen molar-refractivity contribution in [2.45, 2.75) is 6.04 Å². The third kappa shape index (κ3) is 6.06. The first-order chi connectivity index (χ1) is 9.70. The van der Waals surface area contributed by atoms with Gasteiger partial charge in [0.25, 0.3) is 0 Å². The fraction of sp³-hybridized carbons (Fsp3) is 0.500. The van der Waals surface area contributed by atoms with Crippen LogP contribution in [0.3, 0.4) is 0 Å². The van der Waals surface area contributed by atoms with Gasteiger partial charge in [-0.25, -0.2) is 4.39 Å². The molecular formula is C14H22Cl2FN3O2. The van der Waals surface area contributed by atoms with Gasteiger partial charge in [0.05, 0.1) is 25.8 Å². The number of halogens is 3. The first-order valence-corrected chi connectivity index (χ1v) is 6.74. The lowest BCUT2D eigenvalue weighted by molar-refractivity contribution is -0.120. The van der Waals surface area contributed by atoms with Crippen LogP contribution in [-0.4, -0.2) is 50.2 Å². The van der Waals surface area contributed by atoms with Gasteiger partial charge < -0.3 is 15.8 Å². The normalized spacial score (nSPS) is 16.1. The molecule has 2 rings (SSSR count). The van der Waals surface area contributed by atoms with Gasteiger partial charge in [0, 0.05) is 19.6 Å². The average molecular weight is 354 g/mol. The topological polar surface area (TPSA) is 67.6 Å². The van der Waals surface area contributed by atoms with E-state index in [1.165, 1.54) is 12.1 Å². The van der Waals surface area contributed by atoms with Crippen molar-refractivity contribution in [2.24, 2.45) is 5.73 Å². The van der Waals surface area contributed by atoms with Crippen molar-refractivity contribution in [3.63, 3.8) is 0 Å². The van der Waals surface area contributed by atoms with Crippen LogP contribution in [-0.2, 0) is 9.53 Å². The van der Waals surface area contributed by atoms with Crippen LogP contribution in [0, 0.1) is 5.82 Å². The zero-order valence-electron chi connectivity index (χ0n) is 12.2. The van der Waals surface area contributed by atoms with Gasteiger partial charge in [-0.05, 0) is 17.7 Å². The molecule has 0 saturated carbocycles. The summed E-state index contributed by atoms with van der Waals surface area (Å²) in [6.07, 6.45) is 0. The summed E-state index contributed by atoms with van der Waals surface area (Å²) in [6, 6.07) is 6.42. The maximum Gasteiger partial charge on any atom is 0.233 e. The van der Waals surface area contributed by atoms with Crippen molar-refractivity contribution >= 4 is 30.7 Å². The minimum absolute atomic E-state index is 0. The van der Waals surface area contributed by atoms with Gasteiger partial charge in [-0.3, -0.25) is 9.69 Å². The highest BCUT2D eigenvalue weighted by atomic mass is 35.5. The van der Waals surface area contributed by atoms with Crippen LogP contribution < -0.4 is 11.1 Å². The number of hydrogen-bond acceptors (Lipinski definition) is 4. The Morgan fingerprint density at radius 3 is 2.64 bits per heavy atom. The van der Waals surface area contributed by atoms with Crippen molar-refractivity contribution < 1.29 is 13.9 Å². The van der Waals surface area contributed by atoms with Gasteiger partial charge in [0.15, 0.2) is 0 Å². The van der Waals surface area contributed by atoms with E-state index in [0.717, 1.165) is 18.7 Å². The Labute approximate surface area is 142 Å². The van der Waals surface area contributed by atoms with Gasteiger partial charge in [-0.15, -0.1) is 24.8 Å². The van der Waals surface area contributed by atoms with Gasteiger partial charge in [-0.2, -0.15) is 0 Å². The van der Waals surface area contributed by atoms with E-state index in [1.807, 2.05) is 6.07 Å². The SMILES string of the molecule is Cl.Cl.NCC(=O)NCC(c1cccc(F)c1)N1CCOCC1. The van der Waals surface area contributed by atoms with Crippen molar-refractivity contribution in [2.75, 3.05) is 39.4 Å². The molecule has 0 aliphatic carbocycles.